The maximum atomic E-state index is 2.54. The van der Waals surface area contributed by atoms with E-state index in [1.807, 2.05) is 0 Å². The van der Waals surface area contributed by atoms with Crippen LogP contribution in [0.3, 0.4) is 0 Å². The van der Waals surface area contributed by atoms with E-state index in [1.165, 1.54) is 24.9 Å². The van der Waals surface area contributed by atoms with E-state index in [1.54, 1.807) is 0 Å². The summed E-state index contributed by atoms with van der Waals surface area (Å²) in [6, 6.07) is 11.4. The molecular weight excluding hydrogens is 182 g/mol. The first kappa shape index (κ1) is 12.3. The molecule has 0 saturated heterocycles. The zero-order chi connectivity index (χ0) is 11.1. The molecule has 0 spiro atoms. The molecular formula is C14H23N. The van der Waals surface area contributed by atoms with Crippen LogP contribution in [0.4, 0.5) is 0 Å². The number of unbranched alkanes of at least 4 members (excludes halogenated alkanes) is 1. The quantitative estimate of drug-likeness (QED) is 0.684. The van der Waals surface area contributed by atoms with E-state index in [4.69, 9.17) is 0 Å². The van der Waals surface area contributed by atoms with Crippen LogP contribution in [0.5, 0.6) is 0 Å². The summed E-state index contributed by atoms with van der Waals surface area (Å²) < 4.78 is 0. The van der Waals surface area contributed by atoms with E-state index in [2.05, 4.69) is 56.0 Å². The lowest BCUT2D eigenvalue weighted by molar-refractivity contribution is 0.209. The van der Waals surface area contributed by atoms with E-state index in [-0.39, 0.29) is 0 Å². The molecule has 0 aliphatic rings. The molecule has 0 saturated carbocycles. The number of hydrogen-bond acceptors (Lipinski definition) is 1. The van der Waals surface area contributed by atoms with Crippen LogP contribution in [0.15, 0.2) is 30.3 Å². The highest BCUT2D eigenvalue weighted by molar-refractivity contribution is 5.14. The molecule has 1 aromatic rings. The summed E-state index contributed by atoms with van der Waals surface area (Å²) in [6.07, 6.45) is 2.57. The number of benzene rings is 1. The lowest BCUT2D eigenvalue weighted by Crippen LogP contribution is -2.31. The summed E-state index contributed by atoms with van der Waals surface area (Å²) in [5.74, 6) is 0. The molecule has 0 unspecified atom stereocenters. The first-order valence-electron chi connectivity index (χ1n) is 6.02. The SMILES string of the molecule is CCCCN(Cc1ccccc1)C(C)C. The molecule has 15 heavy (non-hydrogen) atoms. The summed E-state index contributed by atoms with van der Waals surface area (Å²) in [5.41, 5.74) is 1.42. The van der Waals surface area contributed by atoms with Gasteiger partial charge in [0.2, 0.25) is 0 Å². The molecule has 0 radical (unpaired) electrons. The van der Waals surface area contributed by atoms with Crippen LogP contribution in [0.2, 0.25) is 0 Å². The van der Waals surface area contributed by atoms with E-state index in [0.29, 0.717) is 6.04 Å². The highest BCUT2D eigenvalue weighted by Gasteiger charge is 2.08. The number of nitrogens with zero attached hydrogens (tertiary/aromatic N) is 1. The summed E-state index contributed by atoms with van der Waals surface area (Å²) in [6.45, 7) is 9.10. The van der Waals surface area contributed by atoms with E-state index >= 15 is 0 Å². The average Bonchev–Trinajstić information content (AvgIpc) is 2.25. The van der Waals surface area contributed by atoms with Crippen LogP contribution in [-0.4, -0.2) is 17.5 Å². The van der Waals surface area contributed by atoms with E-state index in [9.17, 15) is 0 Å². The summed E-state index contributed by atoms with van der Waals surface area (Å²) >= 11 is 0. The third-order valence-corrected chi connectivity index (χ3v) is 2.76. The maximum absolute atomic E-state index is 2.54. The van der Waals surface area contributed by atoms with Crippen LogP contribution in [0, 0.1) is 0 Å². The van der Waals surface area contributed by atoms with Crippen LogP contribution in [-0.2, 0) is 6.54 Å². The molecule has 0 amide bonds. The Bertz CT molecular complexity index is 253. The zero-order valence-electron chi connectivity index (χ0n) is 10.2. The van der Waals surface area contributed by atoms with Gasteiger partial charge in [-0.1, -0.05) is 43.7 Å². The molecule has 0 N–H and O–H groups in total. The molecule has 1 rings (SSSR count). The molecule has 1 aromatic carbocycles. The van der Waals surface area contributed by atoms with Gasteiger partial charge in [-0.25, -0.2) is 0 Å². The average molecular weight is 205 g/mol. The second-order valence-corrected chi connectivity index (χ2v) is 4.40. The van der Waals surface area contributed by atoms with Gasteiger partial charge in [-0.05, 0) is 32.4 Å². The zero-order valence-corrected chi connectivity index (χ0v) is 10.2. The fraction of sp³-hybridized carbons (Fsp3) is 0.571. The van der Waals surface area contributed by atoms with Crippen molar-refractivity contribution in [2.45, 2.75) is 46.2 Å². The van der Waals surface area contributed by atoms with Crippen molar-refractivity contribution >= 4 is 0 Å². The Balaban J connectivity index is 2.51. The molecule has 0 aliphatic heterocycles. The Morgan fingerprint density at radius 1 is 1.13 bits per heavy atom. The lowest BCUT2D eigenvalue weighted by atomic mass is 10.1. The number of hydrogen-bond donors (Lipinski definition) is 0. The molecule has 0 fully saturated rings. The van der Waals surface area contributed by atoms with E-state index in [0.717, 1.165) is 6.54 Å². The first-order chi connectivity index (χ1) is 7.24. The normalized spacial score (nSPS) is 11.3. The van der Waals surface area contributed by atoms with Gasteiger partial charge >= 0.3 is 0 Å². The van der Waals surface area contributed by atoms with Gasteiger partial charge in [0.05, 0.1) is 0 Å². The molecule has 0 atom stereocenters. The second kappa shape index (κ2) is 6.62. The number of rotatable bonds is 6. The summed E-state index contributed by atoms with van der Waals surface area (Å²) in [4.78, 5) is 2.54. The molecule has 84 valence electrons. The predicted octanol–water partition coefficient (Wildman–Crippen LogP) is 3.70. The third kappa shape index (κ3) is 4.48. The van der Waals surface area contributed by atoms with Gasteiger partial charge in [0.25, 0.3) is 0 Å². The van der Waals surface area contributed by atoms with Crippen molar-refractivity contribution < 1.29 is 0 Å². The molecule has 1 heteroatoms. The fourth-order valence-electron chi connectivity index (χ4n) is 1.70. The summed E-state index contributed by atoms with van der Waals surface area (Å²) in [5, 5.41) is 0. The Labute approximate surface area is 94.1 Å². The van der Waals surface area contributed by atoms with Crippen molar-refractivity contribution in [1.29, 1.82) is 0 Å². The predicted molar refractivity (Wildman–Crippen MR) is 66.9 cm³/mol. The lowest BCUT2D eigenvalue weighted by Gasteiger charge is -2.26. The van der Waals surface area contributed by atoms with Crippen molar-refractivity contribution in [1.82, 2.24) is 4.90 Å². The van der Waals surface area contributed by atoms with Crippen LogP contribution in [0.1, 0.15) is 39.2 Å². The topological polar surface area (TPSA) is 3.24 Å². The van der Waals surface area contributed by atoms with Crippen molar-refractivity contribution in [2.75, 3.05) is 6.54 Å². The van der Waals surface area contributed by atoms with Crippen molar-refractivity contribution in [3.05, 3.63) is 35.9 Å². The smallest absolute Gasteiger partial charge is 0.0236 e. The molecule has 0 aromatic heterocycles. The van der Waals surface area contributed by atoms with Gasteiger partial charge in [0, 0.05) is 12.6 Å². The van der Waals surface area contributed by atoms with E-state index < -0.39 is 0 Å². The minimum Gasteiger partial charge on any atom is -0.297 e. The highest BCUT2D eigenvalue weighted by Crippen LogP contribution is 2.09. The third-order valence-electron chi connectivity index (χ3n) is 2.76. The van der Waals surface area contributed by atoms with Crippen LogP contribution in [0.25, 0.3) is 0 Å². The Morgan fingerprint density at radius 2 is 1.80 bits per heavy atom. The molecule has 1 nitrogen and oxygen atoms in total. The Morgan fingerprint density at radius 3 is 2.33 bits per heavy atom. The molecule has 0 aliphatic carbocycles. The van der Waals surface area contributed by atoms with Crippen molar-refractivity contribution in [3.8, 4) is 0 Å². The van der Waals surface area contributed by atoms with Crippen molar-refractivity contribution in [3.63, 3.8) is 0 Å². The second-order valence-electron chi connectivity index (χ2n) is 4.40. The van der Waals surface area contributed by atoms with Gasteiger partial charge < -0.3 is 0 Å². The van der Waals surface area contributed by atoms with Gasteiger partial charge in [0.1, 0.15) is 0 Å². The first-order valence-corrected chi connectivity index (χ1v) is 6.02. The van der Waals surface area contributed by atoms with Gasteiger partial charge in [-0.3, -0.25) is 4.90 Å². The Kier molecular flexibility index (Phi) is 5.41. The largest absolute Gasteiger partial charge is 0.297 e. The van der Waals surface area contributed by atoms with Crippen LogP contribution < -0.4 is 0 Å². The Hall–Kier alpha value is -0.820. The van der Waals surface area contributed by atoms with Gasteiger partial charge in [0.15, 0.2) is 0 Å². The molecule has 0 heterocycles. The fourth-order valence-corrected chi connectivity index (χ4v) is 1.70. The highest BCUT2D eigenvalue weighted by atomic mass is 15.1. The summed E-state index contributed by atoms with van der Waals surface area (Å²) in [7, 11) is 0. The maximum Gasteiger partial charge on any atom is 0.0236 e. The monoisotopic (exact) mass is 205 g/mol. The molecule has 0 bridgehead atoms. The van der Waals surface area contributed by atoms with Crippen LogP contribution >= 0.6 is 0 Å². The van der Waals surface area contributed by atoms with Gasteiger partial charge in [-0.2, -0.15) is 0 Å². The van der Waals surface area contributed by atoms with Gasteiger partial charge in [-0.15, -0.1) is 0 Å². The standard InChI is InChI=1S/C14H23N/c1-4-5-11-15(13(2)3)12-14-9-7-6-8-10-14/h6-10,13H,4-5,11-12H2,1-3H3. The van der Waals surface area contributed by atoms with Crippen molar-refractivity contribution in [2.24, 2.45) is 0 Å². The minimum atomic E-state index is 0.636. The minimum absolute atomic E-state index is 0.636.